The fourth-order valence-corrected chi connectivity index (χ4v) is 10.9. The highest BCUT2D eigenvalue weighted by molar-refractivity contribution is 5.72. The maximum Gasteiger partial charge on any atom is 0.309 e. The van der Waals surface area contributed by atoms with Gasteiger partial charge in [-0.25, -0.2) is 0 Å². The third-order valence-corrected chi connectivity index (χ3v) is 14.2. The molecule has 2 aliphatic heterocycles. The number of unbranched alkanes of at least 4 members (excludes halogenated alkanes) is 9. The number of allylic oxidation sites excluding steroid dienone is 4. The number of hydrogen-bond acceptors (Lipinski definition) is 8. The summed E-state index contributed by atoms with van der Waals surface area (Å²) in [5.41, 5.74) is 0. The van der Waals surface area contributed by atoms with Crippen LogP contribution in [0.1, 0.15) is 162 Å². The molecule has 56 heavy (non-hydrogen) atoms. The third kappa shape index (κ3) is 15.5. The zero-order valence-corrected chi connectivity index (χ0v) is 35.7. The highest BCUT2D eigenvalue weighted by Gasteiger charge is 2.48. The maximum atomic E-state index is 13.3. The SMILES string of the molecule is CCCCC/C=C\C/C=C\CCCCCCCCC(=O)OCC(COC(=O)CC1C2CC3CC(C2)CC1C3)COC(=O)C1CCN(C2CCN(CC)CC2)CC1. The zero-order valence-electron chi connectivity index (χ0n) is 35.7. The Morgan fingerprint density at radius 1 is 0.625 bits per heavy atom. The van der Waals surface area contributed by atoms with Crippen LogP contribution in [0.4, 0.5) is 0 Å². The Bertz CT molecular complexity index is 1170. The van der Waals surface area contributed by atoms with Crippen LogP contribution in [0.5, 0.6) is 0 Å². The van der Waals surface area contributed by atoms with Gasteiger partial charge in [-0.1, -0.05) is 76.7 Å². The fourth-order valence-electron chi connectivity index (χ4n) is 10.9. The summed E-state index contributed by atoms with van der Waals surface area (Å²) in [6, 6.07) is 0.623. The fraction of sp³-hybridized carbons (Fsp3) is 0.854. The topological polar surface area (TPSA) is 85.4 Å². The van der Waals surface area contributed by atoms with Gasteiger partial charge in [0.05, 0.1) is 11.8 Å². The molecule has 0 aromatic heterocycles. The smallest absolute Gasteiger partial charge is 0.309 e. The number of carbonyl (C=O) groups excluding carboxylic acids is 3. The van der Waals surface area contributed by atoms with Gasteiger partial charge in [0, 0.05) is 18.9 Å². The van der Waals surface area contributed by atoms with Crippen molar-refractivity contribution in [1.82, 2.24) is 9.80 Å². The molecule has 0 radical (unpaired) electrons. The van der Waals surface area contributed by atoms with Gasteiger partial charge in [0.25, 0.3) is 0 Å². The molecule has 0 N–H and O–H groups in total. The van der Waals surface area contributed by atoms with Crippen LogP contribution < -0.4 is 0 Å². The first-order valence-corrected chi connectivity index (χ1v) is 23.7. The molecule has 6 aliphatic rings. The van der Waals surface area contributed by atoms with Crippen LogP contribution in [0.15, 0.2) is 24.3 Å². The molecule has 6 fully saturated rings. The second-order valence-electron chi connectivity index (χ2n) is 18.5. The van der Waals surface area contributed by atoms with Crippen molar-refractivity contribution in [2.24, 2.45) is 41.4 Å². The number of esters is 3. The molecule has 4 saturated carbocycles. The van der Waals surface area contributed by atoms with Crippen LogP contribution >= 0.6 is 0 Å². The quantitative estimate of drug-likeness (QED) is 0.0371. The summed E-state index contributed by atoms with van der Waals surface area (Å²) in [4.78, 5) is 44.3. The van der Waals surface area contributed by atoms with Crippen LogP contribution in [0.2, 0.25) is 0 Å². The first kappa shape index (κ1) is 44.9. The first-order valence-electron chi connectivity index (χ1n) is 23.7. The summed E-state index contributed by atoms with van der Waals surface area (Å²) in [5.74, 6) is 2.55. The van der Waals surface area contributed by atoms with Crippen LogP contribution in [-0.2, 0) is 28.6 Å². The van der Waals surface area contributed by atoms with Crippen LogP contribution in [0, 0.1) is 41.4 Å². The van der Waals surface area contributed by atoms with Gasteiger partial charge >= 0.3 is 17.9 Å². The average molecular weight is 781 g/mol. The van der Waals surface area contributed by atoms with E-state index in [1.54, 1.807) is 0 Å². The van der Waals surface area contributed by atoms with E-state index in [-0.39, 0.29) is 49.6 Å². The van der Waals surface area contributed by atoms with Crippen molar-refractivity contribution in [1.29, 1.82) is 0 Å². The lowest BCUT2D eigenvalue weighted by molar-refractivity contribution is -0.158. The molecule has 2 saturated heterocycles. The van der Waals surface area contributed by atoms with Crippen molar-refractivity contribution in [2.75, 3.05) is 52.5 Å². The van der Waals surface area contributed by atoms with E-state index in [0.717, 1.165) is 76.4 Å². The monoisotopic (exact) mass is 781 g/mol. The molecule has 6 rings (SSSR count). The third-order valence-electron chi connectivity index (χ3n) is 14.2. The molecule has 4 aliphatic carbocycles. The van der Waals surface area contributed by atoms with Gasteiger partial charge in [0.2, 0.25) is 0 Å². The number of piperidine rings is 2. The lowest BCUT2D eigenvalue weighted by Gasteiger charge is -2.54. The van der Waals surface area contributed by atoms with Gasteiger partial charge in [-0.15, -0.1) is 0 Å². The molecule has 0 spiro atoms. The molecule has 4 bridgehead atoms. The first-order chi connectivity index (χ1) is 27.4. The molecule has 8 nitrogen and oxygen atoms in total. The number of carbonyl (C=O) groups is 3. The standard InChI is InChI=1S/C48H80N2O6/c1-3-5-6-7-8-9-10-11-12-13-14-15-16-17-18-19-20-46(51)54-35-40(36-55-47(52)34-45-42-30-38-29-39(32-42)33-43(45)31-38)37-56-48(53)41-21-27-50(28-22-41)44-23-25-49(4-2)26-24-44/h8-9,11-12,38-45H,3-7,10,13-37H2,1-2H3/b9-8-,12-11-. The molecule has 1 atom stereocenters. The summed E-state index contributed by atoms with van der Waals surface area (Å²) in [7, 11) is 0. The Morgan fingerprint density at radius 2 is 1.20 bits per heavy atom. The van der Waals surface area contributed by atoms with Crippen molar-refractivity contribution < 1.29 is 28.6 Å². The summed E-state index contributed by atoms with van der Waals surface area (Å²) < 4.78 is 17.5. The number of hydrogen-bond donors (Lipinski definition) is 0. The Labute approximate surface area is 341 Å². The number of likely N-dealkylation sites (tertiary alicyclic amines) is 2. The lowest BCUT2D eigenvalue weighted by Crippen LogP contribution is -2.48. The van der Waals surface area contributed by atoms with Crippen LogP contribution in [0.3, 0.4) is 0 Å². The van der Waals surface area contributed by atoms with E-state index < -0.39 is 0 Å². The summed E-state index contributed by atoms with van der Waals surface area (Å²) in [6.07, 6.45) is 34.6. The van der Waals surface area contributed by atoms with E-state index in [0.29, 0.717) is 36.6 Å². The van der Waals surface area contributed by atoms with Crippen LogP contribution in [0.25, 0.3) is 0 Å². The summed E-state index contributed by atoms with van der Waals surface area (Å²) in [5, 5.41) is 0. The molecule has 1 unspecified atom stereocenters. The minimum Gasteiger partial charge on any atom is -0.465 e. The average Bonchev–Trinajstić information content (AvgIpc) is 3.21. The van der Waals surface area contributed by atoms with Crippen molar-refractivity contribution in [3.05, 3.63) is 24.3 Å². The highest BCUT2D eigenvalue weighted by atomic mass is 16.6. The lowest BCUT2D eigenvalue weighted by atomic mass is 9.51. The normalized spacial score (nSPS) is 26.6. The number of nitrogens with zero attached hydrogens (tertiary/aromatic N) is 2. The molecule has 8 heteroatoms. The van der Waals surface area contributed by atoms with E-state index in [2.05, 4.69) is 48.0 Å². The molecule has 318 valence electrons. The zero-order chi connectivity index (χ0) is 39.4. The van der Waals surface area contributed by atoms with E-state index in [4.69, 9.17) is 14.2 Å². The van der Waals surface area contributed by atoms with E-state index in [1.165, 1.54) is 103 Å². The predicted octanol–water partition coefficient (Wildman–Crippen LogP) is 10.1. The van der Waals surface area contributed by atoms with E-state index >= 15 is 0 Å². The van der Waals surface area contributed by atoms with E-state index in [1.807, 2.05) is 0 Å². The summed E-state index contributed by atoms with van der Waals surface area (Å²) in [6.45, 7) is 10.1. The number of ether oxygens (including phenoxy) is 3. The largest absolute Gasteiger partial charge is 0.465 e. The van der Waals surface area contributed by atoms with Gasteiger partial charge in [0.1, 0.15) is 19.8 Å². The Kier molecular flexibility index (Phi) is 20.3. The van der Waals surface area contributed by atoms with Crippen molar-refractivity contribution in [2.45, 2.75) is 168 Å². The second-order valence-corrected chi connectivity index (χ2v) is 18.5. The summed E-state index contributed by atoms with van der Waals surface area (Å²) >= 11 is 0. The van der Waals surface area contributed by atoms with Gasteiger partial charge < -0.3 is 24.0 Å². The highest BCUT2D eigenvalue weighted by Crippen LogP contribution is 2.57. The molecule has 0 aromatic rings. The minimum atomic E-state index is -0.356. The van der Waals surface area contributed by atoms with Gasteiger partial charge in [0.15, 0.2) is 0 Å². The van der Waals surface area contributed by atoms with Gasteiger partial charge in [-0.2, -0.15) is 0 Å². The Morgan fingerprint density at radius 3 is 1.82 bits per heavy atom. The minimum absolute atomic E-state index is 0.103. The Hall–Kier alpha value is -2.19. The van der Waals surface area contributed by atoms with Crippen molar-refractivity contribution >= 4 is 17.9 Å². The van der Waals surface area contributed by atoms with Crippen molar-refractivity contribution in [3.8, 4) is 0 Å². The van der Waals surface area contributed by atoms with Crippen molar-refractivity contribution in [3.63, 3.8) is 0 Å². The molecule has 2 heterocycles. The number of rotatable bonds is 26. The van der Waals surface area contributed by atoms with E-state index in [9.17, 15) is 14.4 Å². The maximum absolute atomic E-state index is 13.3. The van der Waals surface area contributed by atoms with Crippen LogP contribution in [-0.4, -0.2) is 86.3 Å². The van der Waals surface area contributed by atoms with Gasteiger partial charge in [-0.05, 0) is 159 Å². The molecular weight excluding hydrogens is 701 g/mol. The second kappa shape index (κ2) is 25.3. The van der Waals surface area contributed by atoms with Gasteiger partial charge in [-0.3, -0.25) is 14.4 Å². The Balaban J connectivity index is 0.966. The molecular formula is C48H80N2O6. The molecule has 0 aromatic carbocycles. The molecule has 0 amide bonds. The predicted molar refractivity (Wildman–Crippen MR) is 225 cm³/mol.